The van der Waals surface area contributed by atoms with Crippen LogP contribution >= 0.6 is 0 Å². The lowest BCUT2D eigenvalue weighted by Gasteiger charge is -2.44. The van der Waals surface area contributed by atoms with Crippen LogP contribution in [0.15, 0.2) is 53.1 Å². The summed E-state index contributed by atoms with van der Waals surface area (Å²) in [5, 5.41) is 0.558. The van der Waals surface area contributed by atoms with Crippen LogP contribution in [0.4, 0.5) is 5.69 Å². The van der Waals surface area contributed by atoms with Crippen LogP contribution in [0.25, 0.3) is 11.0 Å². The first kappa shape index (κ1) is 30.7. The molecule has 0 aliphatic carbocycles. The van der Waals surface area contributed by atoms with E-state index in [0.29, 0.717) is 40.4 Å². The van der Waals surface area contributed by atoms with E-state index in [2.05, 4.69) is 32.4 Å². The van der Waals surface area contributed by atoms with Crippen LogP contribution in [0.5, 0.6) is 5.75 Å². The lowest BCUT2D eigenvalue weighted by atomic mass is 10.0. The Labute approximate surface area is 234 Å². The van der Waals surface area contributed by atoms with Gasteiger partial charge in [-0.25, -0.2) is 8.42 Å². The minimum absolute atomic E-state index is 0.195. The number of fused-ring (bicyclic) bond motifs is 1. The number of hydrogen-bond acceptors (Lipinski definition) is 5. The van der Waals surface area contributed by atoms with Crippen LogP contribution < -0.4 is 9.46 Å². The standard InChI is InChI=1S/C31H45N2O5S/c1-6-9-18-33(19-10-7-2,24(4)8-3)20-11-21-37-27-15-12-25(13-16-27)31(34)29-23-38-30-17-14-26(22-28(29)30)32-39(5,35)36/h12-17,22-24,32H,6-11,18-21H2,1-5H3/q+1. The Hall–Kier alpha value is -2.84. The summed E-state index contributed by atoms with van der Waals surface area (Å²) in [7, 11) is -3.43. The Morgan fingerprint density at radius 1 is 0.974 bits per heavy atom. The molecule has 0 fully saturated rings. The summed E-state index contributed by atoms with van der Waals surface area (Å²) in [6.07, 6.45) is 9.63. The van der Waals surface area contributed by atoms with E-state index >= 15 is 0 Å². The summed E-state index contributed by atoms with van der Waals surface area (Å²) in [6, 6.07) is 12.7. The highest BCUT2D eigenvalue weighted by molar-refractivity contribution is 7.92. The number of quaternary nitrogens is 1. The first-order valence-corrected chi connectivity index (χ1v) is 16.1. The third-order valence-electron chi connectivity index (χ3n) is 7.69. The van der Waals surface area contributed by atoms with Crippen molar-refractivity contribution in [3.8, 4) is 5.75 Å². The predicted molar refractivity (Wildman–Crippen MR) is 159 cm³/mol. The second-order valence-corrected chi connectivity index (χ2v) is 12.4. The molecule has 214 valence electrons. The molecule has 0 aliphatic rings. The second kappa shape index (κ2) is 14.0. The van der Waals surface area contributed by atoms with Gasteiger partial charge in [-0.1, -0.05) is 33.6 Å². The van der Waals surface area contributed by atoms with Crippen molar-refractivity contribution >= 4 is 32.5 Å². The van der Waals surface area contributed by atoms with E-state index < -0.39 is 10.0 Å². The molecule has 1 aromatic heterocycles. The van der Waals surface area contributed by atoms with Crippen LogP contribution in [0.3, 0.4) is 0 Å². The molecular formula is C31H45N2O5S+. The Balaban J connectivity index is 1.64. The number of anilines is 1. The van der Waals surface area contributed by atoms with Crippen molar-refractivity contribution in [3.05, 3.63) is 59.9 Å². The van der Waals surface area contributed by atoms with Gasteiger partial charge in [-0.15, -0.1) is 0 Å². The van der Waals surface area contributed by atoms with E-state index in [0.717, 1.165) is 25.0 Å². The minimum Gasteiger partial charge on any atom is -0.493 e. The number of rotatable bonds is 17. The number of carbonyl (C=O) groups excluding carboxylic acids is 1. The topological polar surface area (TPSA) is 85.6 Å². The molecular weight excluding hydrogens is 512 g/mol. The number of unbranched alkanes of at least 4 members (excludes halogenated alkanes) is 2. The van der Waals surface area contributed by atoms with E-state index in [1.807, 2.05) is 12.1 Å². The van der Waals surface area contributed by atoms with E-state index in [-0.39, 0.29) is 5.78 Å². The van der Waals surface area contributed by atoms with Gasteiger partial charge in [0.15, 0.2) is 5.78 Å². The number of nitrogens with one attached hydrogen (secondary N) is 1. The van der Waals surface area contributed by atoms with Gasteiger partial charge >= 0.3 is 0 Å². The molecule has 0 aliphatic heterocycles. The van der Waals surface area contributed by atoms with Crippen molar-refractivity contribution in [1.29, 1.82) is 0 Å². The van der Waals surface area contributed by atoms with E-state index in [9.17, 15) is 13.2 Å². The Kier molecular flexibility index (Phi) is 11.0. The van der Waals surface area contributed by atoms with Gasteiger partial charge in [0.05, 0.1) is 44.1 Å². The van der Waals surface area contributed by atoms with Gasteiger partial charge in [-0.05, 0) is 68.7 Å². The third kappa shape index (κ3) is 8.32. The van der Waals surface area contributed by atoms with E-state index in [4.69, 9.17) is 9.15 Å². The number of furan rings is 1. The summed E-state index contributed by atoms with van der Waals surface area (Å²) >= 11 is 0. The van der Waals surface area contributed by atoms with Gasteiger partial charge in [0.1, 0.15) is 17.6 Å². The van der Waals surface area contributed by atoms with Crippen molar-refractivity contribution in [1.82, 2.24) is 0 Å². The normalized spacial score (nSPS) is 12.9. The van der Waals surface area contributed by atoms with Gasteiger partial charge in [0.25, 0.3) is 0 Å². The molecule has 7 nitrogen and oxygen atoms in total. The highest BCUT2D eigenvalue weighted by atomic mass is 32.2. The third-order valence-corrected chi connectivity index (χ3v) is 8.30. The molecule has 2 aromatic carbocycles. The number of ketones is 1. The number of hydrogen-bond donors (Lipinski definition) is 1. The smallest absolute Gasteiger partial charge is 0.229 e. The molecule has 1 N–H and O–H groups in total. The maximum atomic E-state index is 13.2. The molecule has 0 spiro atoms. The van der Waals surface area contributed by atoms with Crippen LogP contribution in [0, 0.1) is 0 Å². The Morgan fingerprint density at radius 2 is 1.62 bits per heavy atom. The van der Waals surface area contributed by atoms with Gasteiger partial charge in [-0.3, -0.25) is 9.52 Å². The maximum absolute atomic E-state index is 13.2. The molecule has 8 heteroatoms. The molecule has 3 aromatic rings. The van der Waals surface area contributed by atoms with Crippen LogP contribution in [-0.2, 0) is 10.0 Å². The van der Waals surface area contributed by atoms with Gasteiger partial charge in [0, 0.05) is 23.1 Å². The summed E-state index contributed by atoms with van der Waals surface area (Å²) in [5.74, 6) is 0.547. The molecule has 0 saturated heterocycles. The molecule has 0 saturated carbocycles. The fraction of sp³-hybridized carbons (Fsp3) is 0.516. The highest BCUT2D eigenvalue weighted by Crippen LogP contribution is 2.28. The van der Waals surface area contributed by atoms with Gasteiger partial charge < -0.3 is 13.6 Å². The summed E-state index contributed by atoms with van der Waals surface area (Å²) in [4.78, 5) is 13.2. The van der Waals surface area contributed by atoms with Crippen LogP contribution in [0.1, 0.15) is 82.1 Å². The van der Waals surface area contributed by atoms with Crippen molar-refractivity contribution in [2.45, 2.75) is 72.3 Å². The summed E-state index contributed by atoms with van der Waals surface area (Å²) < 4.78 is 38.4. The lowest BCUT2D eigenvalue weighted by molar-refractivity contribution is -0.950. The van der Waals surface area contributed by atoms with Crippen molar-refractivity contribution in [2.75, 3.05) is 37.2 Å². The Bertz CT molecular complexity index is 1310. The highest BCUT2D eigenvalue weighted by Gasteiger charge is 2.31. The maximum Gasteiger partial charge on any atom is 0.229 e. The molecule has 0 bridgehead atoms. The van der Waals surface area contributed by atoms with Crippen LogP contribution in [-0.4, -0.2) is 57.2 Å². The average Bonchev–Trinajstić information content (AvgIpc) is 3.34. The number of nitrogens with zero attached hydrogens (tertiary/aromatic N) is 1. The van der Waals surface area contributed by atoms with Crippen LogP contribution in [0.2, 0.25) is 0 Å². The quantitative estimate of drug-likeness (QED) is 0.110. The van der Waals surface area contributed by atoms with Crippen molar-refractivity contribution in [2.24, 2.45) is 0 Å². The Morgan fingerprint density at radius 3 is 2.21 bits per heavy atom. The molecule has 3 rings (SSSR count). The van der Waals surface area contributed by atoms with Gasteiger partial charge in [0.2, 0.25) is 10.0 Å². The number of sulfonamides is 1. The predicted octanol–water partition coefficient (Wildman–Crippen LogP) is 7.02. The number of carbonyl (C=O) groups is 1. The molecule has 1 atom stereocenters. The largest absolute Gasteiger partial charge is 0.493 e. The number of ether oxygens (including phenoxy) is 1. The molecule has 39 heavy (non-hydrogen) atoms. The lowest BCUT2D eigenvalue weighted by Crippen LogP contribution is -2.56. The average molecular weight is 558 g/mol. The molecule has 0 radical (unpaired) electrons. The van der Waals surface area contributed by atoms with Crippen molar-refractivity contribution in [3.63, 3.8) is 0 Å². The monoisotopic (exact) mass is 557 g/mol. The van der Waals surface area contributed by atoms with E-state index in [1.54, 1.807) is 30.3 Å². The minimum atomic E-state index is -3.43. The first-order valence-electron chi connectivity index (χ1n) is 14.2. The zero-order valence-electron chi connectivity index (χ0n) is 24.2. The van der Waals surface area contributed by atoms with Crippen molar-refractivity contribution < 1.29 is 26.8 Å². The first-order chi connectivity index (χ1) is 18.6. The number of benzene rings is 2. The fourth-order valence-electron chi connectivity index (χ4n) is 5.24. The SMILES string of the molecule is CCCC[N+](CCCC)(CCCOc1ccc(C(=O)c2coc3ccc(NS(C)(=O)=O)cc23)cc1)C(C)CC. The molecule has 1 unspecified atom stereocenters. The molecule has 1 heterocycles. The molecule has 0 amide bonds. The van der Waals surface area contributed by atoms with Gasteiger partial charge in [-0.2, -0.15) is 0 Å². The zero-order chi connectivity index (χ0) is 28.5. The summed E-state index contributed by atoms with van der Waals surface area (Å²) in [5.41, 5.74) is 1.79. The van der Waals surface area contributed by atoms with E-state index in [1.165, 1.54) is 55.9 Å². The fourth-order valence-corrected chi connectivity index (χ4v) is 5.80. The second-order valence-electron chi connectivity index (χ2n) is 10.6. The summed E-state index contributed by atoms with van der Waals surface area (Å²) in [6.45, 7) is 13.5. The zero-order valence-corrected chi connectivity index (χ0v) is 25.0.